The molecule has 2 aliphatic carbocycles. The summed E-state index contributed by atoms with van der Waals surface area (Å²) in [6.45, 7) is 11.7. The van der Waals surface area contributed by atoms with E-state index in [1.54, 1.807) is 0 Å². The van der Waals surface area contributed by atoms with Gasteiger partial charge in [-0.3, -0.25) is 5.32 Å². The molecule has 2 saturated carbocycles. The van der Waals surface area contributed by atoms with Crippen LogP contribution in [-0.4, -0.2) is 57.9 Å². The first-order chi connectivity index (χ1) is 17.2. The molecule has 1 heterocycles. The number of aliphatic hydroxyl groups excluding tert-OH is 3. The molecule has 1 saturated heterocycles. The minimum Gasteiger partial charge on any atom is -0.378 e. The van der Waals surface area contributed by atoms with E-state index in [1.807, 2.05) is 41.5 Å². The topological polar surface area (TPSA) is 117 Å². The molecule has 3 fully saturated rings. The van der Waals surface area contributed by atoms with Crippen molar-refractivity contribution in [2.75, 3.05) is 0 Å². The van der Waals surface area contributed by atoms with Crippen LogP contribution in [0.2, 0.25) is 0 Å². The highest BCUT2D eigenvalue weighted by Crippen LogP contribution is 2.44. The summed E-state index contributed by atoms with van der Waals surface area (Å²) in [5.74, 6) is 2.04. The molecule has 0 bridgehead atoms. The summed E-state index contributed by atoms with van der Waals surface area (Å²) >= 11 is 0. The average molecular weight is 527 g/mol. The minimum absolute atomic E-state index is 0.183. The summed E-state index contributed by atoms with van der Waals surface area (Å²) in [7, 11) is 0. The lowest BCUT2D eigenvalue weighted by Crippen LogP contribution is -2.58. The molecule has 7 atom stereocenters. The molecule has 6 unspecified atom stereocenters. The number of hydrogen-bond donors (Lipinski definition) is 5. The smallest absolute Gasteiger partial charge is 0.155 e. The van der Waals surface area contributed by atoms with Crippen molar-refractivity contribution in [1.29, 1.82) is 0 Å². The Labute approximate surface area is 226 Å². The lowest BCUT2D eigenvalue weighted by atomic mass is 9.70. The minimum atomic E-state index is -1.12. The second-order valence-corrected chi connectivity index (χ2v) is 14.4. The van der Waals surface area contributed by atoms with Gasteiger partial charge < -0.3 is 30.5 Å². The summed E-state index contributed by atoms with van der Waals surface area (Å²) in [5.41, 5.74) is 5.01. The van der Waals surface area contributed by atoms with Crippen LogP contribution in [-0.2, 0) is 9.47 Å². The van der Waals surface area contributed by atoms with E-state index in [9.17, 15) is 15.3 Å². The SMILES string of the molecule is CC(C)(C)OC(O)CC(C(O)N[C@H](C(N)O)C(C)(C)C)C1CCC(C2CCC(C3CCCCC3)CC2)O1. The number of nitrogens with two attached hydrogens (primary N) is 1. The predicted octanol–water partition coefficient (Wildman–Crippen LogP) is 4.66. The Morgan fingerprint density at radius 3 is 1.92 bits per heavy atom. The highest BCUT2D eigenvalue weighted by atomic mass is 16.6. The molecule has 3 rings (SSSR count). The first-order valence-corrected chi connectivity index (χ1v) is 15.1. The zero-order valence-electron chi connectivity index (χ0n) is 24.5. The van der Waals surface area contributed by atoms with Crippen molar-refractivity contribution in [2.24, 2.45) is 34.8 Å². The molecule has 3 aliphatic rings. The molecule has 0 spiro atoms. The lowest BCUT2D eigenvalue weighted by molar-refractivity contribution is -0.189. The molecule has 0 aromatic heterocycles. The number of ether oxygens (including phenoxy) is 2. The summed E-state index contributed by atoms with van der Waals surface area (Å²) in [6.07, 6.45) is 11.2. The average Bonchev–Trinajstić information content (AvgIpc) is 3.29. The van der Waals surface area contributed by atoms with Gasteiger partial charge in [-0.1, -0.05) is 52.9 Å². The van der Waals surface area contributed by atoms with Gasteiger partial charge in [-0.2, -0.15) is 0 Å². The Hall–Kier alpha value is -0.280. The molecule has 7 nitrogen and oxygen atoms in total. The van der Waals surface area contributed by atoms with Crippen LogP contribution in [0.1, 0.15) is 119 Å². The summed E-state index contributed by atoms with van der Waals surface area (Å²) in [5, 5.41) is 35.5. The molecule has 0 radical (unpaired) electrons. The van der Waals surface area contributed by atoms with Crippen molar-refractivity contribution in [3.8, 4) is 0 Å². The van der Waals surface area contributed by atoms with Crippen molar-refractivity contribution in [3.05, 3.63) is 0 Å². The first kappa shape index (κ1) is 31.3. The maximum Gasteiger partial charge on any atom is 0.155 e. The largest absolute Gasteiger partial charge is 0.378 e. The van der Waals surface area contributed by atoms with Crippen LogP contribution in [0.15, 0.2) is 0 Å². The fourth-order valence-corrected chi connectivity index (χ4v) is 7.29. The van der Waals surface area contributed by atoms with Gasteiger partial charge in [0, 0.05) is 12.3 Å². The van der Waals surface area contributed by atoms with E-state index in [0.29, 0.717) is 5.92 Å². The van der Waals surface area contributed by atoms with Gasteiger partial charge in [-0.05, 0) is 82.5 Å². The monoisotopic (exact) mass is 526 g/mol. The van der Waals surface area contributed by atoms with E-state index < -0.39 is 30.4 Å². The van der Waals surface area contributed by atoms with E-state index >= 15 is 0 Å². The molecular formula is C30H58N2O5. The molecule has 7 heteroatoms. The van der Waals surface area contributed by atoms with Crippen LogP contribution in [0.4, 0.5) is 0 Å². The van der Waals surface area contributed by atoms with E-state index in [1.165, 1.54) is 57.8 Å². The van der Waals surface area contributed by atoms with Gasteiger partial charge in [-0.15, -0.1) is 0 Å². The Kier molecular flexibility index (Phi) is 11.3. The number of aliphatic hydroxyl groups is 3. The predicted molar refractivity (Wildman–Crippen MR) is 147 cm³/mol. The van der Waals surface area contributed by atoms with Gasteiger partial charge in [0.25, 0.3) is 0 Å². The zero-order chi connectivity index (χ0) is 27.4. The molecule has 37 heavy (non-hydrogen) atoms. The zero-order valence-corrected chi connectivity index (χ0v) is 24.5. The highest BCUT2D eigenvalue weighted by molar-refractivity contribution is 4.92. The molecule has 0 aromatic carbocycles. The van der Waals surface area contributed by atoms with E-state index in [-0.39, 0.29) is 30.0 Å². The normalized spacial score (nSPS) is 32.6. The second kappa shape index (κ2) is 13.4. The summed E-state index contributed by atoms with van der Waals surface area (Å²) in [4.78, 5) is 0. The van der Waals surface area contributed by atoms with E-state index in [0.717, 1.165) is 24.7 Å². The van der Waals surface area contributed by atoms with Crippen molar-refractivity contribution in [1.82, 2.24) is 5.32 Å². The van der Waals surface area contributed by atoms with Gasteiger partial charge in [0.15, 0.2) is 6.29 Å². The van der Waals surface area contributed by atoms with Gasteiger partial charge in [0.1, 0.15) is 12.5 Å². The lowest BCUT2D eigenvalue weighted by Gasteiger charge is -2.40. The third-order valence-electron chi connectivity index (χ3n) is 9.22. The summed E-state index contributed by atoms with van der Waals surface area (Å²) < 4.78 is 12.5. The van der Waals surface area contributed by atoms with Crippen LogP contribution in [0.3, 0.4) is 0 Å². The van der Waals surface area contributed by atoms with Crippen LogP contribution in [0.5, 0.6) is 0 Å². The van der Waals surface area contributed by atoms with Gasteiger partial charge >= 0.3 is 0 Å². The Bertz CT molecular complexity index is 662. The highest BCUT2D eigenvalue weighted by Gasteiger charge is 2.43. The van der Waals surface area contributed by atoms with E-state index in [2.05, 4.69) is 5.32 Å². The van der Waals surface area contributed by atoms with E-state index in [4.69, 9.17) is 15.2 Å². The van der Waals surface area contributed by atoms with Crippen LogP contribution >= 0.6 is 0 Å². The van der Waals surface area contributed by atoms with Gasteiger partial charge in [-0.25, -0.2) is 0 Å². The van der Waals surface area contributed by atoms with Crippen LogP contribution in [0, 0.1) is 29.1 Å². The van der Waals surface area contributed by atoms with Gasteiger partial charge in [0.2, 0.25) is 0 Å². The summed E-state index contributed by atoms with van der Waals surface area (Å²) in [6, 6.07) is -0.516. The van der Waals surface area contributed by atoms with Crippen LogP contribution in [0.25, 0.3) is 0 Å². The van der Waals surface area contributed by atoms with Crippen molar-refractivity contribution in [3.63, 3.8) is 0 Å². The molecule has 6 N–H and O–H groups in total. The van der Waals surface area contributed by atoms with Crippen molar-refractivity contribution in [2.45, 2.75) is 161 Å². The Balaban J connectivity index is 1.62. The first-order valence-electron chi connectivity index (χ1n) is 15.1. The fraction of sp³-hybridized carbons (Fsp3) is 1.00. The molecule has 218 valence electrons. The molecule has 0 aromatic rings. The molecule has 1 aliphatic heterocycles. The third-order valence-corrected chi connectivity index (χ3v) is 9.22. The number of nitrogens with one attached hydrogen (secondary N) is 1. The number of hydrogen-bond acceptors (Lipinski definition) is 7. The quantitative estimate of drug-likeness (QED) is 0.263. The van der Waals surface area contributed by atoms with Gasteiger partial charge in [0.05, 0.1) is 23.9 Å². The van der Waals surface area contributed by atoms with Crippen LogP contribution < -0.4 is 11.1 Å². The van der Waals surface area contributed by atoms with Crippen molar-refractivity contribution < 1.29 is 24.8 Å². The Morgan fingerprint density at radius 1 is 0.811 bits per heavy atom. The standard InChI is InChI=1S/C30H58N2O5/c1-29(2,3)26(27(31)34)32-28(35)22(18-25(33)37-30(4,5)6)24-17-16-23(36-24)21-14-12-20(13-15-21)19-10-8-7-9-11-19/h19-28,32-35H,7-18,31H2,1-6H3/t20?,21?,22?,23?,24?,25?,26-,27?,28?/m1/s1. The fourth-order valence-electron chi connectivity index (χ4n) is 7.29. The molecular weight excluding hydrogens is 468 g/mol. The maximum atomic E-state index is 11.4. The number of rotatable bonds is 10. The third kappa shape index (κ3) is 9.40. The Morgan fingerprint density at radius 2 is 1.38 bits per heavy atom. The second-order valence-electron chi connectivity index (χ2n) is 14.4. The maximum absolute atomic E-state index is 11.4. The molecule has 0 amide bonds. The van der Waals surface area contributed by atoms with Crippen molar-refractivity contribution >= 4 is 0 Å².